The molecule has 2 aliphatic heterocycles. The molecule has 2 fully saturated rings. The largest absolute Gasteiger partial charge is 0.447 e. The van der Waals surface area contributed by atoms with Crippen molar-refractivity contribution in [2.24, 2.45) is 0 Å². The van der Waals surface area contributed by atoms with Gasteiger partial charge >= 0.3 is 6.09 Å². The maximum absolute atomic E-state index is 12.2. The molecule has 9 heteroatoms. The van der Waals surface area contributed by atoms with Gasteiger partial charge in [0.1, 0.15) is 11.6 Å². The number of piperazine rings is 1. The number of ether oxygens (including phenoxy) is 1. The first kappa shape index (κ1) is 13.6. The maximum Gasteiger partial charge on any atom is 0.410 e. The van der Waals surface area contributed by atoms with Crippen molar-refractivity contribution >= 4 is 35.1 Å². The van der Waals surface area contributed by atoms with Crippen molar-refractivity contribution in [1.29, 1.82) is 0 Å². The van der Waals surface area contributed by atoms with Gasteiger partial charge < -0.3 is 9.64 Å². The van der Waals surface area contributed by atoms with Crippen LogP contribution < -0.4 is 0 Å². The Kier molecular flexibility index (Phi) is 3.79. The number of aryl methyl sites for hydroxylation is 1. The zero-order chi connectivity index (χ0) is 14.1. The van der Waals surface area contributed by atoms with Crippen LogP contribution in [0, 0.1) is 6.92 Å². The number of thioether (sulfide) groups is 1. The van der Waals surface area contributed by atoms with Gasteiger partial charge in [-0.05, 0) is 6.92 Å². The van der Waals surface area contributed by atoms with E-state index in [1.807, 2.05) is 6.92 Å². The molecule has 0 aliphatic carbocycles. The first-order chi connectivity index (χ1) is 9.63. The molecule has 0 spiro atoms. The molecule has 0 N–H and O–H groups in total. The minimum absolute atomic E-state index is 0.00831. The molecule has 0 bridgehead atoms. The van der Waals surface area contributed by atoms with Gasteiger partial charge in [-0.25, -0.2) is 4.79 Å². The van der Waals surface area contributed by atoms with Crippen LogP contribution in [0.5, 0.6) is 0 Å². The Hall–Kier alpha value is -1.35. The molecule has 3 rings (SSSR count). The minimum atomic E-state index is -0.263. The van der Waals surface area contributed by atoms with Crippen LogP contribution >= 0.6 is 23.1 Å². The van der Waals surface area contributed by atoms with Crippen molar-refractivity contribution in [2.45, 2.75) is 17.3 Å². The summed E-state index contributed by atoms with van der Waals surface area (Å²) >= 11 is 2.90. The Labute approximate surface area is 124 Å². The van der Waals surface area contributed by atoms with E-state index in [0.29, 0.717) is 32.0 Å². The van der Waals surface area contributed by atoms with E-state index in [0.717, 1.165) is 9.35 Å². The van der Waals surface area contributed by atoms with Crippen molar-refractivity contribution in [3.05, 3.63) is 5.01 Å². The van der Waals surface area contributed by atoms with Gasteiger partial charge in [0.25, 0.3) is 0 Å². The summed E-state index contributed by atoms with van der Waals surface area (Å²) in [7, 11) is 0. The lowest BCUT2D eigenvalue weighted by Gasteiger charge is -2.35. The highest BCUT2D eigenvalue weighted by atomic mass is 32.2. The van der Waals surface area contributed by atoms with E-state index in [1.165, 1.54) is 23.1 Å². The molecule has 7 nitrogen and oxygen atoms in total. The van der Waals surface area contributed by atoms with E-state index in [1.54, 1.807) is 9.80 Å². The molecule has 2 aliphatic rings. The zero-order valence-corrected chi connectivity index (χ0v) is 12.6. The number of amides is 2. The lowest BCUT2D eigenvalue weighted by Crippen LogP contribution is -2.54. The van der Waals surface area contributed by atoms with E-state index in [9.17, 15) is 9.59 Å². The van der Waals surface area contributed by atoms with E-state index in [4.69, 9.17) is 4.74 Å². The summed E-state index contributed by atoms with van der Waals surface area (Å²) in [6.45, 7) is 3.95. The number of hydrogen-bond acceptors (Lipinski definition) is 7. The highest BCUT2D eigenvalue weighted by Gasteiger charge is 2.38. The summed E-state index contributed by atoms with van der Waals surface area (Å²) in [4.78, 5) is 27.0. The first-order valence-electron chi connectivity index (χ1n) is 6.27. The molecule has 2 amide bonds. The lowest BCUT2D eigenvalue weighted by molar-refractivity contribution is -0.130. The molecule has 20 heavy (non-hydrogen) atoms. The topological polar surface area (TPSA) is 75.6 Å². The summed E-state index contributed by atoms with van der Waals surface area (Å²) in [6.07, 6.45) is -0.263. The molecule has 1 aromatic heterocycles. The maximum atomic E-state index is 12.2. The Balaban J connectivity index is 1.52. The average molecular weight is 314 g/mol. The third-order valence-corrected chi connectivity index (χ3v) is 5.25. The van der Waals surface area contributed by atoms with Gasteiger partial charge in [-0.1, -0.05) is 23.1 Å². The smallest absolute Gasteiger partial charge is 0.410 e. The number of hydrogen-bond donors (Lipinski definition) is 0. The third-order valence-electron chi connectivity index (χ3n) is 3.30. The summed E-state index contributed by atoms with van der Waals surface area (Å²) < 4.78 is 5.80. The standard InChI is InChI=1S/C11H14N4O3S2/c1-7-12-13-10(20-7)19-6-9(16)14-2-3-15-8(4-14)5-18-11(15)17/h8H,2-6H2,1H3. The number of fused-ring (bicyclic) bond motifs is 1. The average Bonchev–Trinajstić information content (AvgIpc) is 3.02. The van der Waals surface area contributed by atoms with Crippen LogP contribution in [-0.4, -0.2) is 70.0 Å². The monoisotopic (exact) mass is 314 g/mol. The van der Waals surface area contributed by atoms with E-state index in [2.05, 4.69) is 10.2 Å². The fourth-order valence-corrected chi connectivity index (χ4v) is 3.99. The highest BCUT2D eigenvalue weighted by molar-refractivity contribution is 8.01. The first-order valence-corrected chi connectivity index (χ1v) is 8.08. The molecule has 1 unspecified atom stereocenters. The Morgan fingerprint density at radius 1 is 1.50 bits per heavy atom. The molecule has 0 saturated carbocycles. The second-order valence-corrected chi connectivity index (χ2v) is 7.04. The van der Waals surface area contributed by atoms with Gasteiger partial charge in [0.2, 0.25) is 5.91 Å². The molecule has 0 aromatic carbocycles. The summed E-state index contributed by atoms with van der Waals surface area (Å²) in [5.41, 5.74) is 0. The minimum Gasteiger partial charge on any atom is -0.447 e. The SMILES string of the molecule is Cc1nnc(SCC(=O)N2CCN3C(=O)OCC3C2)s1. The molecule has 1 atom stereocenters. The molecule has 3 heterocycles. The van der Waals surface area contributed by atoms with Crippen LogP contribution in [0.15, 0.2) is 4.34 Å². The van der Waals surface area contributed by atoms with Gasteiger partial charge in [-0.15, -0.1) is 10.2 Å². The second-order valence-electron chi connectivity index (χ2n) is 4.64. The highest BCUT2D eigenvalue weighted by Crippen LogP contribution is 2.23. The molecular weight excluding hydrogens is 300 g/mol. The molecule has 1 aromatic rings. The number of carbonyl (C=O) groups is 2. The van der Waals surface area contributed by atoms with Gasteiger partial charge in [-0.2, -0.15) is 0 Å². The predicted molar refractivity (Wildman–Crippen MR) is 73.8 cm³/mol. The quantitative estimate of drug-likeness (QED) is 0.761. The van der Waals surface area contributed by atoms with Crippen LogP contribution in [0.1, 0.15) is 5.01 Å². The van der Waals surface area contributed by atoms with E-state index < -0.39 is 0 Å². The van der Waals surface area contributed by atoms with Gasteiger partial charge in [0.15, 0.2) is 4.34 Å². The lowest BCUT2D eigenvalue weighted by atomic mass is 10.2. The zero-order valence-electron chi connectivity index (χ0n) is 10.9. The van der Waals surface area contributed by atoms with Crippen LogP contribution in [0.25, 0.3) is 0 Å². The van der Waals surface area contributed by atoms with Crippen LogP contribution in [0.3, 0.4) is 0 Å². The number of cyclic esters (lactones) is 1. The summed E-state index contributed by atoms with van der Waals surface area (Å²) in [5.74, 6) is 0.428. The van der Waals surface area contributed by atoms with Crippen LogP contribution in [-0.2, 0) is 9.53 Å². The number of carbonyl (C=O) groups excluding carboxylic acids is 2. The number of nitrogens with zero attached hydrogens (tertiary/aromatic N) is 4. The summed E-state index contributed by atoms with van der Waals surface area (Å²) in [5, 5.41) is 8.80. The molecule has 2 saturated heterocycles. The van der Waals surface area contributed by atoms with Crippen molar-refractivity contribution in [3.63, 3.8) is 0 Å². The summed E-state index contributed by atoms with van der Waals surface area (Å²) in [6, 6.07) is 0.00831. The normalized spacial score (nSPS) is 21.9. The van der Waals surface area contributed by atoms with Crippen LogP contribution in [0.2, 0.25) is 0 Å². The van der Waals surface area contributed by atoms with E-state index >= 15 is 0 Å². The molecule has 108 valence electrons. The molecule has 0 radical (unpaired) electrons. The Morgan fingerprint density at radius 3 is 3.10 bits per heavy atom. The van der Waals surface area contributed by atoms with Crippen LogP contribution in [0.4, 0.5) is 4.79 Å². The van der Waals surface area contributed by atoms with Gasteiger partial charge in [0.05, 0.1) is 11.8 Å². The number of rotatable bonds is 3. The number of aromatic nitrogens is 2. The van der Waals surface area contributed by atoms with E-state index in [-0.39, 0.29) is 18.0 Å². The van der Waals surface area contributed by atoms with Crippen molar-refractivity contribution < 1.29 is 14.3 Å². The third kappa shape index (κ3) is 2.73. The van der Waals surface area contributed by atoms with Crippen molar-refractivity contribution in [1.82, 2.24) is 20.0 Å². The predicted octanol–water partition coefficient (Wildman–Crippen LogP) is 0.602. The Bertz CT molecular complexity index is 535. The fraction of sp³-hybridized carbons (Fsp3) is 0.636. The second kappa shape index (κ2) is 5.57. The van der Waals surface area contributed by atoms with Gasteiger partial charge in [0, 0.05) is 19.6 Å². The Morgan fingerprint density at radius 2 is 2.35 bits per heavy atom. The van der Waals surface area contributed by atoms with Crippen molar-refractivity contribution in [2.75, 3.05) is 32.0 Å². The molecular formula is C11H14N4O3S2. The van der Waals surface area contributed by atoms with Crippen molar-refractivity contribution in [3.8, 4) is 0 Å². The van der Waals surface area contributed by atoms with Gasteiger partial charge in [-0.3, -0.25) is 9.69 Å². The fourth-order valence-electron chi connectivity index (χ4n) is 2.27.